The van der Waals surface area contributed by atoms with E-state index in [-0.39, 0.29) is 0 Å². The zero-order chi connectivity index (χ0) is 17.8. The molecule has 1 saturated heterocycles. The van der Waals surface area contributed by atoms with Crippen LogP contribution in [-0.2, 0) is 6.54 Å². The summed E-state index contributed by atoms with van der Waals surface area (Å²) in [6, 6.07) is 8.49. The van der Waals surface area contributed by atoms with Crippen LogP contribution in [0.1, 0.15) is 18.4 Å². The Morgan fingerprint density at radius 2 is 1.88 bits per heavy atom. The van der Waals surface area contributed by atoms with Gasteiger partial charge in [0.2, 0.25) is 0 Å². The van der Waals surface area contributed by atoms with Gasteiger partial charge in [-0.3, -0.25) is 4.90 Å². The van der Waals surface area contributed by atoms with Crippen molar-refractivity contribution in [3.05, 3.63) is 46.1 Å². The van der Waals surface area contributed by atoms with Gasteiger partial charge in [0, 0.05) is 47.5 Å². The van der Waals surface area contributed by atoms with Crippen LogP contribution in [0.4, 0.5) is 5.82 Å². The smallest absolute Gasteiger partial charge is 0.318 e. The molecule has 1 aliphatic heterocycles. The van der Waals surface area contributed by atoms with Gasteiger partial charge in [-0.05, 0) is 38.1 Å². The molecule has 1 aromatic heterocycles. The van der Waals surface area contributed by atoms with Gasteiger partial charge < -0.3 is 9.64 Å². The van der Waals surface area contributed by atoms with Gasteiger partial charge in [0.1, 0.15) is 5.82 Å². The molecule has 0 bridgehead atoms. The van der Waals surface area contributed by atoms with Crippen molar-refractivity contribution in [2.24, 2.45) is 0 Å². The number of aromatic nitrogens is 2. The Morgan fingerprint density at radius 1 is 1.20 bits per heavy atom. The molecule has 25 heavy (non-hydrogen) atoms. The van der Waals surface area contributed by atoms with E-state index in [1.54, 1.807) is 13.3 Å². The molecule has 0 spiro atoms. The summed E-state index contributed by atoms with van der Waals surface area (Å²) in [6.45, 7) is 2.65. The van der Waals surface area contributed by atoms with E-state index in [2.05, 4.69) is 26.8 Å². The van der Waals surface area contributed by atoms with E-state index in [9.17, 15) is 0 Å². The van der Waals surface area contributed by atoms with Gasteiger partial charge in [-0.2, -0.15) is 4.98 Å². The Morgan fingerprint density at radius 3 is 2.52 bits per heavy atom. The summed E-state index contributed by atoms with van der Waals surface area (Å²) >= 11 is 12.6. The van der Waals surface area contributed by atoms with Crippen LogP contribution in [0.25, 0.3) is 0 Å². The molecule has 3 rings (SSSR count). The number of halogens is 2. The number of methoxy groups -OCH3 is 1. The number of rotatable bonds is 5. The first-order valence-corrected chi connectivity index (χ1v) is 9.09. The minimum atomic E-state index is 0.408. The average molecular weight is 381 g/mol. The minimum absolute atomic E-state index is 0.408. The zero-order valence-corrected chi connectivity index (χ0v) is 16.0. The molecule has 2 heterocycles. The van der Waals surface area contributed by atoms with Crippen LogP contribution in [0.5, 0.6) is 6.01 Å². The highest BCUT2D eigenvalue weighted by Crippen LogP contribution is 2.28. The summed E-state index contributed by atoms with van der Waals surface area (Å²) in [6.07, 6.45) is 3.86. The van der Waals surface area contributed by atoms with Crippen LogP contribution < -0.4 is 9.64 Å². The molecule has 2 aromatic rings. The molecule has 7 heteroatoms. The zero-order valence-electron chi connectivity index (χ0n) is 14.5. The number of ether oxygens (including phenoxy) is 1. The van der Waals surface area contributed by atoms with Gasteiger partial charge in [-0.15, -0.1) is 0 Å². The fourth-order valence-electron chi connectivity index (χ4n) is 3.20. The minimum Gasteiger partial charge on any atom is -0.467 e. The number of benzene rings is 1. The fourth-order valence-corrected chi connectivity index (χ4v) is 3.72. The number of nitrogens with zero attached hydrogens (tertiary/aromatic N) is 4. The second-order valence-electron chi connectivity index (χ2n) is 6.24. The van der Waals surface area contributed by atoms with Gasteiger partial charge in [-0.25, -0.2) is 4.98 Å². The van der Waals surface area contributed by atoms with Crippen molar-refractivity contribution in [1.82, 2.24) is 14.9 Å². The predicted molar refractivity (Wildman–Crippen MR) is 102 cm³/mol. The second-order valence-corrected chi connectivity index (χ2v) is 7.05. The van der Waals surface area contributed by atoms with Crippen molar-refractivity contribution in [1.29, 1.82) is 0 Å². The Hall–Kier alpha value is -1.56. The first-order valence-electron chi connectivity index (χ1n) is 8.33. The number of piperidine rings is 1. The van der Waals surface area contributed by atoms with Crippen LogP contribution in [0, 0.1) is 0 Å². The van der Waals surface area contributed by atoms with Gasteiger partial charge in [0.15, 0.2) is 0 Å². The molecule has 0 amide bonds. The third-order valence-corrected chi connectivity index (χ3v) is 5.39. The largest absolute Gasteiger partial charge is 0.467 e. The number of hydrogen-bond donors (Lipinski definition) is 0. The van der Waals surface area contributed by atoms with Crippen LogP contribution in [0.15, 0.2) is 30.5 Å². The lowest BCUT2D eigenvalue weighted by Gasteiger charge is -2.37. The monoisotopic (exact) mass is 380 g/mol. The lowest BCUT2D eigenvalue weighted by molar-refractivity contribution is 0.200. The highest BCUT2D eigenvalue weighted by Gasteiger charge is 2.24. The van der Waals surface area contributed by atoms with Crippen molar-refractivity contribution in [2.75, 3.05) is 32.1 Å². The Bertz CT molecular complexity index is 700. The quantitative estimate of drug-likeness (QED) is 0.786. The Labute approximate surface area is 158 Å². The van der Waals surface area contributed by atoms with Crippen LogP contribution in [0.2, 0.25) is 10.0 Å². The van der Waals surface area contributed by atoms with Gasteiger partial charge >= 0.3 is 6.01 Å². The molecule has 1 fully saturated rings. The van der Waals surface area contributed by atoms with Crippen LogP contribution in [0.3, 0.4) is 0 Å². The lowest BCUT2D eigenvalue weighted by Crippen LogP contribution is -2.43. The van der Waals surface area contributed by atoms with E-state index in [0.717, 1.165) is 53.9 Å². The van der Waals surface area contributed by atoms with Crippen molar-refractivity contribution in [3.8, 4) is 6.01 Å². The molecule has 0 radical (unpaired) electrons. The maximum atomic E-state index is 6.30. The maximum Gasteiger partial charge on any atom is 0.318 e. The summed E-state index contributed by atoms with van der Waals surface area (Å²) < 4.78 is 5.11. The molecular weight excluding hydrogens is 359 g/mol. The highest BCUT2D eigenvalue weighted by molar-refractivity contribution is 6.35. The summed E-state index contributed by atoms with van der Waals surface area (Å²) in [7, 11) is 3.72. The number of anilines is 1. The van der Waals surface area contributed by atoms with E-state index >= 15 is 0 Å². The third kappa shape index (κ3) is 4.35. The van der Waals surface area contributed by atoms with Crippen molar-refractivity contribution in [3.63, 3.8) is 0 Å². The first-order chi connectivity index (χ1) is 12.1. The first kappa shape index (κ1) is 18.2. The van der Waals surface area contributed by atoms with Gasteiger partial charge in [-0.1, -0.05) is 29.3 Å². The van der Waals surface area contributed by atoms with Crippen molar-refractivity contribution >= 4 is 29.0 Å². The van der Waals surface area contributed by atoms with E-state index in [4.69, 9.17) is 27.9 Å². The van der Waals surface area contributed by atoms with Gasteiger partial charge in [0.05, 0.1) is 7.11 Å². The third-order valence-electron chi connectivity index (χ3n) is 4.68. The van der Waals surface area contributed by atoms with E-state index < -0.39 is 0 Å². The van der Waals surface area contributed by atoms with Crippen molar-refractivity contribution < 1.29 is 4.74 Å². The summed E-state index contributed by atoms with van der Waals surface area (Å²) in [4.78, 5) is 13.1. The fraction of sp³-hybridized carbons (Fsp3) is 0.444. The molecule has 1 aliphatic rings. The molecule has 0 unspecified atom stereocenters. The van der Waals surface area contributed by atoms with Crippen LogP contribution in [-0.4, -0.2) is 48.2 Å². The molecule has 5 nitrogen and oxygen atoms in total. The molecule has 0 N–H and O–H groups in total. The van der Waals surface area contributed by atoms with Crippen molar-refractivity contribution in [2.45, 2.75) is 25.4 Å². The summed E-state index contributed by atoms with van der Waals surface area (Å²) in [5, 5.41) is 1.45. The second kappa shape index (κ2) is 8.21. The Balaban J connectivity index is 1.60. The van der Waals surface area contributed by atoms with E-state index in [0.29, 0.717) is 12.1 Å². The molecule has 0 atom stereocenters. The molecule has 0 saturated carbocycles. The molecular formula is C18H22Cl2N4O. The predicted octanol–water partition coefficient (Wildman–Crippen LogP) is 3.89. The van der Waals surface area contributed by atoms with Gasteiger partial charge in [0.25, 0.3) is 0 Å². The molecule has 134 valence electrons. The van der Waals surface area contributed by atoms with Crippen LogP contribution >= 0.6 is 23.2 Å². The molecule has 1 aromatic carbocycles. The average Bonchev–Trinajstić information content (AvgIpc) is 2.65. The number of hydrogen-bond acceptors (Lipinski definition) is 5. The Kier molecular flexibility index (Phi) is 5.99. The summed E-state index contributed by atoms with van der Waals surface area (Å²) in [5.74, 6) is 0.919. The standard InChI is InChI=1S/C18H22Cl2N4O/c1-23(12-14-15(19)4-3-5-16(14)20)13-7-10-24(11-8-13)17-6-9-21-18(22-17)25-2/h3-6,9,13H,7-8,10-12H2,1-2H3. The van der Waals surface area contributed by atoms with E-state index in [1.165, 1.54) is 0 Å². The molecule has 0 aliphatic carbocycles. The normalized spacial score (nSPS) is 15.6. The lowest BCUT2D eigenvalue weighted by atomic mass is 10.0. The SMILES string of the molecule is COc1nccc(N2CCC(N(C)Cc3c(Cl)cccc3Cl)CC2)n1. The summed E-state index contributed by atoms with van der Waals surface area (Å²) in [5.41, 5.74) is 0.997. The maximum absolute atomic E-state index is 6.30. The van der Waals surface area contributed by atoms with E-state index in [1.807, 2.05) is 24.3 Å². The highest BCUT2D eigenvalue weighted by atomic mass is 35.5. The topological polar surface area (TPSA) is 41.5 Å².